The lowest BCUT2D eigenvalue weighted by Gasteiger charge is -2.04. The summed E-state index contributed by atoms with van der Waals surface area (Å²) in [4.78, 5) is 8.74. The van der Waals surface area contributed by atoms with Gasteiger partial charge in [0.05, 0.1) is 18.0 Å². The van der Waals surface area contributed by atoms with Crippen molar-refractivity contribution in [2.45, 2.75) is 6.61 Å². The van der Waals surface area contributed by atoms with Crippen LogP contribution in [0.1, 0.15) is 5.56 Å². The first-order chi connectivity index (χ1) is 10.3. The van der Waals surface area contributed by atoms with Crippen LogP contribution < -0.4 is 0 Å². The van der Waals surface area contributed by atoms with Crippen molar-refractivity contribution in [2.75, 3.05) is 0 Å². The SMILES string of the molecule is OCc1ccc(-c2ccc(-c3ccc(Cl)cc3)cn2)nc1. The molecular formula is C17H13ClN2O. The first-order valence-corrected chi connectivity index (χ1v) is 6.92. The minimum atomic E-state index is -0.00376. The number of hydrogen-bond donors (Lipinski definition) is 1. The van der Waals surface area contributed by atoms with E-state index in [1.807, 2.05) is 54.7 Å². The Morgan fingerprint density at radius 2 is 1.38 bits per heavy atom. The molecule has 0 aliphatic carbocycles. The van der Waals surface area contributed by atoms with E-state index in [0.717, 1.165) is 33.1 Å². The van der Waals surface area contributed by atoms with Gasteiger partial charge in [0.2, 0.25) is 0 Å². The van der Waals surface area contributed by atoms with Crippen molar-refractivity contribution < 1.29 is 5.11 Å². The van der Waals surface area contributed by atoms with Crippen molar-refractivity contribution in [3.05, 3.63) is 71.5 Å². The fourth-order valence-corrected chi connectivity index (χ4v) is 2.15. The normalized spacial score (nSPS) is 10.6. The van der Waals surface area contributed by atoms with Crippen LogP contribution in [-0.2, 0) is 6.61 Å². The minimum absolute atomic E-state index is 0.00376. The Balaban J connectivity index is 1.87. The Kier molecular flexibility index (Phi) is 3.95. The summed E-state index contributed by atoms with van der Waals surface area (Å²) >= 11 is 5.89. The molecule has 0 spiro atoms. The zero-order valence-corrected chi connectivity index (χ0v) is 12.0. The average Bonchev–Trinajstić information content (AvgIpc) is 2.56. The average molecular weight is 297 g/mol. The molecule has 0 aliphatic rings. The van der Waals surface area contributed by atoms with Gasteiger partial charge in [0.15, 0.2) is 0 Å². The predicted octanol–water partition coefficient (Wildman–Crippen LogP) is 3.96. The van der Waals surface area contributed by atoms with Gasteiger partial charge in [-0.15, -0.1) is 0 Å². The van der Waals surface area contributed by atoms with Crippen molar-refractivity contribution >= 4 is 11.6 Å². The van der Waals surface area contributed by atoms with Crippen LogP contribution in [0.15, 0.2) is 60.9 Å². The van der Waals surface area contributed by atoms with Crippen LogP contribution in [0.4, 0.5) is 0 Å². The lowest BCUT2D eigenvalue weighted by Crippen LogP contribution is -1.90. The van der Waals surface area contributed by atoms with Crippen molar-refractivity contribution in [3.63, 3.8) is 0 Å². The van der Waals surface area contributed by atoms with Gasteiger partial charge in [-0.25, -0.2) is 0 Å². The molecule has 104 valence electrons. The molecule has 2 aromatic heterocycles. The molecule has 0 amide bonds. The van der Waals surface area contributed by atoms with E-state index >= 15 is 0 Å². The monoisotopic (exact) mass is 296 g/mol. The molecule has 0 atom stereocenters. The fraction of sp³-hybridized carbons (Fsp3) is 0.0588. The second-order valence-electron chi connectivity index (χ2n) is 4.65. The molecule has 0 saturated heterocycles. The molecule has 0 bridgehead atoms. The molecule has 0 fully saturated rings. The number of nitrogens with zero attached hydrogens (tertiary/aromatic N) is 2. The second kappa shape index (κ2) is 6.04. The maximum atomic E-state index is 9.02. The Morgan fingerprint density at radius 3 is 1.90 bits per heavy atom. The molecular weight excluding hydrogens is 284 g/mol. The van der Waals surface area contributed by atoms with E-state index in [9.17, 15) is 0 Å². The maximum Gasteiger partial charge on any atom is 0.0886 e. The highest BCUT2D eigenvalue weighted by Gasteiger charge is 2.03. The number of benzene rings is 1. The smallest absolute Gasteiger partial charge is 0.0886 e. The molecule has 4 heteroatoms. The molecule has 2 heterocycles. The Hall–Kier alpha value is -2.23. The van der Waals surface area contributed by atoms with Gasteiger partial charge in [0, 0.05) is 23.0 Å². The van der Waals surface area contributed by atoms with E-state index in [0.29, 0.717) is 0 Å². The zero-order valence-electron chi connectivity index (χ0n) is 11.2. The van der Waals surface area contributed by atoms with E-state index in [1.165, 1.54) is 0 Å². The molecule has 21 heavy (non-hydrogen) atoms. The predicted molar refractivity (Wildman–Crippen MR) is 83.8 cm³/mol. The molecule has 0 aliphatic heterocycles. The van der Waals surface area contributed by atoms with Gasteiger partial charge in [-0.1, -0.05) is 35.9 Å². The highest BCUT2D eigenvalue weighted by Crippen LogP contribution is 2.23. The van der Waals surface area contributed by atoms with Gasteiger partial charge in [0.1, 0.15) is 0 Å². The van der Waals surface area contributed by atoms with E-state index < -0.39 is 0 Å². The molecule has 0 saturated carbocycles. The summed E-state index contributed by atoms with van der Waals surface area (Å²) in [5.41, 5.74) is 4.48. The number of aliphatic hydroxyl groups excluding tert-OH is 1. The molecule has 0 unspecified atom stereocenters. The van der Waals surface area contributed by atoms with Crippen LogP contribution in [0, 0.1) is 0 Å². The number of halogens is 1. The summed E-state index contributed by atoms with van der Waals surface area (Å²) in [5.74, 6) is 0. The van der Waals surface area contributed by atoms with Gasteiger partial charge in [-0.05, 0) is 35.4 Å². The van der Waals surface area contributed by atoms with Crippen molar-refractivity contribution in [2.24, 2.45) is 0 Å². The van der Waals surface area contributed by atoms with Crippen molar-refractivity contribution in [1.29, 1.82) is 0 Å². The standard InChI is InChI=1S/C17H13ClN2O/c18-15-5-2-13(3-6-15)14-4-8-17(20-10-14)16-7-1-12(11-21)9-19-16/h1-10,21H,11H2. The van der Waals surface area contributed by atoms with Gasteiger partial charge in [0.25, 0.3) is 0 Å². The van der Waals surface area contributed by atoms with Crippen LogP contribution in [0.25, 0.3) is 22.5 Å². The quantitative estimate of drug-likeness (QED) is 0.796. The number of hydrogen-bond acceptors (Lipinski definition) is 3. The number of rotatable bonds is 3. The van der Waals surface area contributed by atoms with Crippen LogP contribution >= 0.6 is 11.6 Å². The third-order valence-corrected chi connectivity index (χ3v) is 3.46. The van der Waals surface area contributed by atoms with E-state index in [2.05, 4.69) is 9.97 Å². The van der Waals surface area contributed by atoms with Crippen molar-refractivity contribution in [1.82, 2.24) is 9.97 Å². The van der Waals surface area contributed by atoms with Gasteiger partial charge >= 0.3 is 0 Å². The summed E-state index contributed by atoms with van der Waals surface area (Å²) in [7, 11) is 0. The summed E-state index contributed by atoms with van der Waals surface area (Å²) in [6, 6.07) is 15.3. The largest absolute Gasteiger partial charge is 0.392 e. The molecule has 1 aromatic carbocycles. The lowest BCUT2D eigenvalue weighted by atomic mass is 10.1. The maximum absolute atomic E-state index is 9.02. The van der Waals surface area contributed by atoms with Crippen LogP contribution in [0.2, 0.25) is 5.02 Å². The molecule has 0 radical (unpaired) electrons. The van der Waals surface area contributed by atoms with Crippen molar-refractivity contribution in [3.8, 4) is 22.5 Å². The van der Waals surface area contributed by atoms with Gasteiger partial charge in [-0.3, -0.25) is 9.97 Å². The van der Waals surface area contributed by atoms with Crippen LogP contribution in [0.5, 0.6) is 0 Å². The molecule has 3 aromatic rings. The second-order valence-corrected chi connectivity index (χ2v) is 5.09. The van der Waals surface area contributed by atoms with E-state index in [-0.39, 0.29) is 6.61 Å². The van der Waals surface area contributed by atoms with E-state index in [1.54, 1.807) is 6.20 Å². The topological polar surface area (TPSA) is 46.0 Å². The van der Waals surface area contributed by atoms with Gasteiger partial charge in [-0.2, -0.15) is 0 Å². The summed E-state index contributed by atoms with van der Waals surface area (Å²) in [6.07, 6.45) is 3.48. The third-order valence-electron chi connectivity index (χ3n) is 3.21. The lowest BCUT2D eigenvalue weighted by molar-refractivity contribution is 0.281. The van der Waals surface area contributed by atoms with Crippen LogP contribution in [0.3, 0.4) is 0 Å². The Labute approximate surface area is 127 Å². The third kappa shape index (κ3) is 3.10. The number of pyridine rings is 2. The minimum Gasteiger partial charge on any atom is -0.392 e. The summed E-state index contributed by atoms with van der Waals surface area (Å²) < 4.78 is 0. The Morgan fingerprint density at radius 1 is 0.762 bits per heavy atom. The fourth-order valence-electron chi connectivity index (χ4n) is 2.03. The number of aliphatic hydroxyl groups is 1. The summed E-state index contributed by atoms with van der Waals surface area (Å²) in [5, 5.41) is 9.73. The first kappa shape index (κ1) is 13.7. The highest BCUT2D eigenvalue weighted by molar-refractivity contribution is 6.30. The van der Waals surface area contributed by atoms with Crippen LogP contribution in [-0.4, -0.2) is 15.1 Å². The zero-order chi connectivity index (χ0) is 14.7. The molecule has 3 nitrogen and oxygen atoms in total. The highest BCUT2D eigenvalue weighted by atomic mass is 35.5. The number of aromatic nitrogens is 2. The van der Waals surface area contributed by atoms with E-state index in [4.69, 9.17) is 16.7 Å². The first-order valence-electron chi connectivity index (χ1n) is 6.54. The molecule has 1 N–H and O–H groups in total. The Bertz CT molecular complexity index is 722. The molecule has 3 rings (SSSR count). The van der Waals surface area contributed by atoms with Gasteiger partial charge < -0.3 is 5.11 Å². The summed E-state index contributed by atoms with van der Waals surface area (Å²) in [6.45, 7) is -0.00376.